The van der Waals surface area contributed by atoms with Crippen LogP contribution < -0.4 is 9.62 Å². The van der Waals surface area contributed by atoms with Gasteiger partial charge in [-0.2, -0.15) is 0 Å². The molecule has 2 rings (SSSR count). The van der Waals surface area contributed by atoms with Crippen molar-refractivity contribution < 1.29 is 22.0 Å². The van der Waals surface area contributed by atoms with E-state index >= 15 is 0 Å². The fourth-order valence-electron chi connectivity index (χ4n) is 3.00. The van der Waals surface area contributed by atoms with Gasteiger partial charge in [0.25, 0.3) is 0 Å². The predicted molar refractivity (Wildman–Crippen MR) is 107 cm³/mol. The van der Waals surface area contributed by atoms with Gasteiger partial charge in [-0.15, -0.1) is 0 Å². The third-order valence-electron chi connectivity index (χ3n) is 4.42. The zero-order chi connectivity index (χ0) is 21.2. The van der Waals surface area contributed by atoms with Crippen LogP contribution in [-0.4, -0.2) is 26.6 Å². The molecule has 8 heteroatoms. The molecule has 1 unspecified atom stereocenters. The van der Waals surface area contributed by atoms with Crippen molar-refractivity contribution in [2.45, 2.75) is 39.7 Å². The molecule has 1 atom stereocenters. The van der Waals surface area contributed by atoms with E-state index in [0.29, 0.717) is 5.69 Å². The monoisotopic (exact) mass is 410 g/mol. The second-order valence-electron chi connectivity index (χ2n) is 7.02. The smallest absolute Gasteiger partial charge is 0.248 e. The Morgan fingerprint density at radius 3 is 2.25 bits per heavy atom. The van der Waals surface area contributed by atoms with Crippen LogP contribution in [0, 0.1) is 18.6 Å². The van der Waals surface area contributed by atoms with Crippen LogP contribution in [-0.2, 0) is 14.8 Å². The van der Waals surface area contributed by atoms with Crippen molar-refractivity contribution in [1.82, 2.24) is 0 Å². The molecule has 0 radical (unpaired) electrons. The number of amides is 1. The molecule has 0 aliphatic carbocycles. The topological polar surface area (TPSA) is 66.5 Å². The molecule has 0 aliphatic rings. The average molecular weight is 410 g/mol. The van der Waals surface area contributed by atoms with E-state index in [1.165, 1.54) is 6.92 Å². The van der Waals surface area contributed by atoms with Gasteiger partial charge in [0.05, 0.1) is 11.9 Å². The number of rotatable bonds is 6. The molecule has 1 N–H and O–H groups in total. The molecular formula is C20H24F2N2O3S. The summed E-state index contributed by atoms with van der Waals surface area (Å²) in [7, 11) is -3.94. The fourth-order valence-corrected chi connectivity index (χ4v) is 4.17. The van der Waals surface area contributed by atoms with E-state index in [1.54, 1.807) is 0 Å². The lowest BCUT2D eigenvalue weighted by molar-refractivity contribution is -0.116. The summed E-state index contributed by atoms with van der Waals surface area (Å²) in [5.41, 5.74) is 2.25. The van der Waals surface area contributed by atoms with Crippen molar-refractivity contribution in [3.05, 3.63) is 59.2 Å². The lowest BCUT2D eigenvalue weighted by atomic mass is 9.98. The van der Waals surface area contributed by atoms with Crippen LogP contribution in [0.15, 0.2) is 36.4 Å². The van der Waals surface area contributed by atoms with Crippen LogP contribution in [0.2, 0.25) is 0 Å². The van der Waals surface area contributed by atoms with E-state index in [9.17, 15) is 22.0 Å². The number of hydrogen-bond donors (Lipinski definition) is 1. The van der Waals surface area contributed by atoms with E-state index in [0.717, 1.165) is 39.9 Å². The van der Waals surface area contributed by atoms with Crippen LogP contribution in [0.3, 0.4) is 0 Å². The molecule has 0 spiro atoms. The maximum atomic E-state index is 13.6. The van der Waals surface area contributed by atoms with E-state index in [1.807, 2.05) is 39.0 Å². The summed E-state index contributed by atoms with van der Waals surface area (Å²) in [5.74, 6) is -2.73. The minimum atomic E-state index is -3.94. The molecule has 152 valence electrons. The normalized spacial score (nSPS) is 12.7. The second kappa shape index (κ2) is 8.26. The highest BCUT2D eigenvalue weighted by molar-refractivity contribution is 7.92. The Hall–Kier alpha value is -2.48. The molecule has 0 aromatic heterocycles. The first-order chi connectivity index (χ1) is 12.9. The quantitative estimate of drug-likeness (QED) is 0.777. The highest BCUT2D eigenvalue weighted by Gasteiger charge is 2.30. The summed E-state index contributed by atoms with van der Waals surface area (Å²) in [5, 5.41) is 2.80. The molecule has 2 aromatic rings. The molecule has 5 nitrogen and oxygen atoms in total. The van der Waals surface area contributed by atoms with Crippen molar-refractivity contribution in [2.24, 2.45) is 0 Å². The third-order valence-corrected chi connectivity index (χ3v) is 5.66. The summed E-state index contributed by atoms with van der Waals surface area (Å²) in [6, 6.07) is 7.14. The van der Waals surface area contributed by atoms with Gasteiger partial charge < -0.3 is 5.32 Å². The Morgan fingerprint density at radius 2 is 1.71 bits per heavy atom. The summed E-state index contributed by atoms with van der Waals surface area (Å²) in [6.07, 6.45) is 0.908. The number of para-hydroxylation sites is 1. The summed E-state index contributed by atoms with van der Waals surface area (Å²) >= 11 is 0. The van der Waals surface area contributed by atoms with Gasteiger partial charge >= 0.3 is 0 Å². The zero-order valence-corrected chi connectivity index (χ0v) is 17.3. The molecule has 0 saturated heterocycles. The third kappa shape index (κ3) is 4.67. The average Bonchev–Trinajstić information content (AvgIpc) is 2.58. The van der Waals surface area contributed by atoms with Gasteiger partial charge in [-0.25, -0.2) is 17.2 Å². The van der Waals surface area contributed by atoms with E-state index < -0.39 is 33.6 Å². The first-order valence-corrected chi connectivity index (χ1v) is 10.6. The van der Waals surface area contributed by atoms with Crippen molar-refractivity contribution in [1.29, 1.82) is 0 Å². The molecule has 2 aromatic carbocycles. The minimum absolute atomic E-state index is 0.127. The Balaban J connectivity index is 2.42. The number of nitrogens with zero attached hydrogens (tertiary/aromatic N) is 1. The maximum Gasteiger partial charge on any atom is 0.248 e. The van der Waals surface area contributed by atoms with Crippen LogP contribution in [0.4, 0.5) is 20.2 Å². The van der Waals surface area contributed by atoms with E-state index in [4.69, 9.17) is 0 Å². The van der Waals surface area contributed by atoms with Gasteiger partial charge in [-0.3, -0.25) is 9.10 Å². The molecule has 1 amide bonds. The van der Waals surface area contributed by atoms with Gasteiger partial charge in [0.15, 0.2) is 11.6 Å². The van der Waals surface area contributed by atoms with Crippen LogP contribution >= 0.6 is 0 Å². The van der Waals surface area contributed by atoms with Gasteiger partial charge in [0, 0.05) is 11.8 Å². The molecule has 0 bridgehead atoms. The van der Waals surface area contributed by atoms with Crippen molar-refractivity contribution in [3.63, 3.8) is 0 Å². The molecular weight excluding hydrogens is 386 g/mol. The van der Waals surface area contributed by atoms with Crippen molar-refractivity contribution >= 4 is 27.3 Å². The van der Waals surface area contributed by atoms with E-state index in [-0.39, 0.29) is 11.6 Å². The number of anilines is 2. The predicted octanol–water partition coefficient (Wildman–Crippen LogP) is 4.19. The highest BCUT2D eigenvalue weighted by Crippen LogP contribution is 2.29. The number of halogens is 2. The molecule has 0 saturated carbocycles. The first kappa shape index (κ1) is 21.8. The number of benzene rings is 2. The van der Waals surface area contributed by atoms with Crippen molar-refractivity contribution in [2.75, 3.05) is 15.9 Å². The number of carbonyl (C=O) groups is 1. The van der Waals surface area contributed by atoms with Crippen molar-refractivity contribution in [3.8, 4) is 0 Å². The SMILES string of the molecule is Cc1cccc(C(C)C)c1NC(=O)C(C)N(c1ccc(F)c(F)c1)S(C)(=O)=O. The Kier molecular flexibility index (Phi) is 6.44. The number of nitrogens with one attached hydrogen (secondary N) is 1. The van der Waals surface area contributed by atoms with Gasteiger partial charge in [0.1, 0.15) is 6.04 Å². The molecule has 0 heterocycles. The number of aryl methyl sites for hydroxylation is 1. The molecule has 0 aliphatic heterocycles. The largest absolute Gasteiger partial charge is 0.324 e. The Bertz CT molecular complexity index is 991. The summed E-state index contributed by atoms with van der Waals surface area (Å²) in [4.78, 5) is 12.9. The number of hydrogen-bond acceptors (Lipinski definition) is 3. The standard InChI is InChI=1S/C20H24F2N2O3S/c1-12(2)16-8-6-7-13(3)19(16)23-20(25)14(4)24(28(5,26)27)15-9-10-17(21)18(22)11-15/h6-12,14H,1-5H3,(H,23,25). The lowest BCUT2D eigenvalue weighted by Gasteiger charge is -2.29. The number of sulfonamides is 1. The van der Waals surface area contributed by atoms with Crippen LogP contribution in [0.1, 0.15) is 37.8 Å². The first-order valence-electron chi connectivity index (χ1n) is 8.78. The second-order valence-corrected chi connectivity index (χ2v) is 8.88. The summed E-state index contributed by atoms with van der Waals surface area (Å²) in [6.45, 7) is 7.21. The summed E-state index contributed by atoms with van der Waals surface area (Å²) < 4.78 is 52.3. The fraction of sp³-hybridized carbons (Fsp3) is 0.350. The molecule has 0 fully saturated rings. The van der Waals surface area contributed by atoms with Crippen LogP contribution in [0.5, 0.6) is 0 Å². The molecule has 28 heavy (non-hydrogen) atoms. The Labute approximate surface area is 164 Å². The lowest BCUT2D eigenvalue weighted by Crippen LogP contribution is -2.45. The Morgan fingerprint density at radius 1 is 1.07 bits per heavy atom. The van der Waals surface area contributed by atoms with Gasteiger partial charge in [-0.05, 0) is 43.0 Å². The van der Waals surface area contributed by atoms with E-state index in [2.05, 4.69) is 5.32 Å². The highest BCUT2D eigenvalue weighted by atomic mass is 32.2. The van der Waals surface area contributed by atoms with Gasteiger partial charge in [0.2, 0.25) is 15.9 Å². The maximum absolute atomic E-state index is 13.6. The van der Waals surface area contributed by atoms with Crippen LogP contribution in [0.25, 0.3) is 0 Å². The minimum Gasteiger partial charge on any atom is -0.324 e. The van der Waals surface area contributed by atoms with Gasteiger partial charge in [-0.1, -0.05) is 32.0 Å². The number of carbonyl (C=O) groups excluding carboxylic acids is 1. The zero-order valence-electron chi connectivity index (χ0n) is 16.5.